The second kappa shape index (κ2) is 7.11. The van der Waals surface area contributed by atoms with Crippen molar-refractivity contribution in [3.63, 3.8) is 0 Å². The van der Waals surface area contributed by atoms with Crippen molar-refractivity contribution in [2.75, 3.05) is 26.8 Å². The van der Waals surface area contributed by atoms with Crippen molar-refractivity contribution in [2.24, 2.45) is 0 Å². The van der Waals surface area contributed by atoms with Crippen LogP contribution in [0.1, 0.15) is 24.2 Å². The molecule has 2 aliphatic rings. The van der Waals surface area contributed by atoms with Crippen LogP contribution in [0.4, 0.5) is 0 Å². The highest BCUT2D eigenvalue weighted by molar-refractivity contribution is 7.86. The van der Waals surface area contributed by atoms with E-state index in [-0.39, 0.29) is 6.04 Å². The zero-order valence-electron chi connectivity index (χ0n) is 14.9. The molecule has 0 spiro atoms. The van der Waals surface area contributed by atoms with E-state index in [4.69, 9.17) is 4.74 Å². The molecule has 0 bridgehead atoms. The SMILES string of the molecule is COC[C@H]1CCCN1S(=O)(=O)N1CCc2nc(-c3ccccc3)[nH]c2C1. The summed E-state index contributed by atoms with van der Waals surface area (Å²) in [4.78, 5) is 7.99. The summed E-state index contributed by atoms with van der Waals surface area (Å²) in [5.41, 5.74) is 2.86. The Morgan fingerprint density at radius 1 is 1.27 bits per heavy atom. The molecule has 0 unspecified atom stereocenters. The average Bonchev–Trinajstić information content (AvgIpc) is 3.29. The van der Waals surface area contributed by atoms with E-state index < -0.39 is 10.2 Å². The molecule has 0 aliphatic carbocycles. The maximum Gasteiger partial charge on any atom is 0.282 e. The van der Waals surface area contributed by atoms with Gasteiger partial charge in [-0.15, -0.1) is 0 Å². The first-order valence-corrected chi connectivity index (χ1v) is 10.4. The van der Waals surface area contributed by atoms with Crippen LogP contribution in [0.25, 0.3) is 11.4 Å². The van der Waals surface area contributed by atoms with Gasteiger partial charge in [0.2, 0.25) is 0 Å². The number of aromatic amines is 1. The molecule has 1 saturated heterocycles. The summed E-state index contributed by atoms with van der Waals surface area (Å²) >= 11 is 0. The molecule has 4 rings (SSSR count). The molecule has 0 amide bonds. The highest BCUT2D eigenvalue weighted by Crippen LogP contribution is 2.28. The van der Waals surface area contributed by atoms with E-state index in [1.54, 1.807) is 15.7 Å². The molecular weight excluding hydrogens is 352 g/mol. The first-order valence-electron chi connectivity index (χ1n) is 8.98. The number of ether oxygens (including phenoxy) is 1. The average molecular weight is 376 g/mol. The smallest absolute Gasteiger partial charge is 0.282 e. The predicted molar refractivity (Wildman–Crippen MR) is 98.7 cm³/mol. The monoisotopic (exact) mass is 376 g/mol. The lowest BCUT2D eigenvalue weighted by Crippen LogP contribution is -2.48. The lowest BCUT2D eigenvalue weighted by atomic mass is 10.2. The first-order chi connectivity index (χ1) is 12.6. The Hall–Kier alpha value is -1.74. The van der Waals surface area contributed by atoms with Gasteiger partial charge in [0.1, 0.15) is 5.82 Å². The van der Waals surface area contributed by atoms with Crippen LogP contribution in [0.5, 0.6) is 0 Å². The van der Waals surface area contributed by atoms with Gasteiger partial charge in [-0.1, -0.05) is 30.3 Å². The number of benzene rings is 1. The molecule has 3 heterocycles. The summed E-state index contributed by atoms with van der Waals surface area (Å²) in [5, 5.41) is 0. The van der Waals surface area contributed by atoms with Gasteiger partial charge in [-0.05, 0) is 12.8 Å². The van der Waals surface area contributed by atoms with Crippen molar-refractivity contribution in [1.29, 1.82) is 0 Å². The molecule has 1 fully saturated rings. The number of hydrogen-bond acceptors (Lipinski definition) is 4. The van der Waals surface area contributed by atoms with Crippen molar-refractivity contribution in [1.82, 2.24) is 18.6 Å². The number of imidazole rings is 1. The molecule has 1 atom stereocenters. The van der Waals surface area contributed by atoms with Gasteiger partial charge in [0, 0.05) is 38.2 Å². The van der Waals surface area contributed by atoms with E-state index in [1.165, 1.54) is 0 Å². The van der Waals surface area contributed by atoms with Crippen molar-refractivity contribution >= 4 is 10.2 Å². The maximum absolute atomic E-state index is 13.1. The summed E-state index contributed by atoms with van der Waals surface area (Å²) < 4.78 is 34.6. The Labute approximate surface area is 154 Å². The normalized spacial score (nSPS) is 21.8. The molecule has 1 aromatic carbocycles. The Morgan fingerprint density at radius 2 is 2.08 bits per heavy atom. The van der Waals surface area contributed by atoms with Crippen LogP contribution >= 0.6 is 0 Å². The quantitative estimate of drug-likeness (QED) is 0.863. The number of methoxy groups -OCH3 is 1. The van der Waals surface area contributed by atoms with Gasteiger partial charge >= 0.3 is 0 Å². The van der Waals surface area contributed by atoms with Crippen LogP contribution in [0.15, 0.2) is 30.3 Å². The summed E-state index contributed by atoms with van der Waals surface area (Å²) in [6.07, 6.45) is 2.36. The molecule has 8 heteroatoms. The Bertz CT molecular complexity index is 866. The molecule has 140 valence electrons. The maximum atomic E-state index is 13.1. The lowest BCUT2D eigenvalue weighted by molar-refractivity contribution is 0.145. The van der Waals surface area contributed by atoms with E-state index in [2.05, 4.69) is 9.97 Å². The van der Waals surface area contributed by atoms with E-state index in [0.29, 0.717) is 32.7 Å². The summed E-state index contributed by atoms with van der Waals surface area (Å²) in [7, 11) is -1.88. The Kier molecular flexibility index (Phi) is 4.83. The third kappa shape index (κ3) is 3.18. The summed E-state index contributed by atoms with van der Waals surface area (Å²) in [6, 6.07) is 9.84. The largest absolute Gasteiger partial charge is 0.383 e. The third-order valence-electron chi connectivity index (χ3n) is 5.15. The second-order valence-corrected chi connectivity index (χ2v) is 8.71. The number of rotatable bonds is 5. The van der Waals surface area contributed by atoms with E-state index in [0.717, 1.165) is 35.6 Å². The van der Waals surface area contributed by atoms with Crippen molar-refractivity contribution in [3.8, 4) is 11.4 Å². The fourth-order valence-electron chi connectivity index (χ4n) is 3.82. The molecule has 26 heavy (non-hydrogen) atoms. The van der Waals surface area contributed by atoms with Gasteiger partial charge < -0.3 is 9.72 Å². The van der Waals surface area contributed by atoms with Crippen molar-refractivity contribution in [2.45, 2.75) is 31.8 Å². The number of H-pyrrole nitrogens is 1. The minimum absolute atomic E-state index is 0.0620. The first kappa shape index (κ1) is 17.7. The number of nitrogens with zero attached hydrogens (tertiary/aromatic N) is 3. The molecule has 0 saturated carbocycles. The molecule has 2 aromatic rings. The zero-order chi connectivity index (χ0) is 18.1. The molecule has 1 N–H and O–H groups in total. The number of fused-ring (bicyclic) bond motifs is 1. The number of nitrogens with one attached hydrogen (secondary N) is 1. The van der Waals surface area contributed by atoms with E-state index in [9.17, 15) is 8.42 Å². The van der Waals surface area contributed by atoms with Crippen LogP contribution in [-0.4, -0.2) is 59.8 Å². The molecule has 1 aromatic heterocycles. The predicted octanol–water partition coefficient (Wildman–Crippen LogP) is 1.79. The van der Waals surface area contributed by atoms with Gasteiger partial charge in [-0.25, -0.2) is 4.98 Å². The summed E-state index contributed by atoms with van der Waals surface area (Å²) in [5.74, 6) is 0.799. The molecule has 7 nitrogen and oxygen atoms in total. The Balaban J connectivity index is 1.55. The van der Waals surface area contributed by atoms with Crippen LogP contribution in [0.2, 0.25) is 0 Å². The van der Waals surface area contributed by atoms with Gasteiger partial charge in [0.25, 0.3) is 10.2 Å². The highest BCUT2D eigenvalue weighted by atomic mass is 32.2. The van der Waals surface area contributed by atoms with E-state index >= 15 is 0 Å². The van der Waals surface area contributed by atoms with E-state index in [1.807, 2.05) is 30.3 Å². The topological polar surface area (TPSA) is 78.5 Å². The zero-order valence-corrected chi connectivity index (χ0v) is 15.7. The summed E-state index contributed by atoms with van der Waals surface area (Å²) in [6.45, 7) is 1.82. The molecule has 0 radical (unpaired) electrons. The number of aromatic nitrogens is 2. The van der Waals surface area contributed by atoms with Gasteiger partial charge in [-0.3, -0.25) is 0 Å². The minimum atomic E-state index is -3.49. The molecular formula is C18H24N4O3S. The molecule has 2 aliphatic heterocycles. The van der Waals surface area contributed by atoms with Gasteiger partial charge in [-0.2, -0.15) is 17.0 Å². The van der Waals surface area contributed by atoms with Gasteiger partial charge in [0.15, 0.2) is 0 Å². The standard InChI is InChI=1S/C18H24N4O3S/c1-25-13-15-8-5-10-22(15)26(23,24)21-11-9-16-17(12-21)20-18(19-16)14-6-3-2-4-7-14/h2-4,6-7,15H,5,8-13H2,1H3,(H,19,20)/t15-/m1/s1. The minimum Gasteiger partial charge on any atom is -0.383 e. The second-order valence-electron chi connectivity index (χ2n) is 6.83. The fraction of sp³-hybridized carbons (Fsp3) is 0.500. The third-order valence-corrected chi connectivity index (χ3v) is 7.19. The van der Waals surface area contributed by atoms with Crippen molar-refractivity contribution in [3.05, 3.63) is 41.7 Å². The van der Waals surface area contributed by atoms with Crippen LogP contribution in [-0.2, 0) is 27.9 Å². The Morgan fingerprint density at radius 3 is 2.85 bits per heavy atom. The fourth-order valence-corrected chi connectivity index (χ4v) is 5.63. The van der Waals surface area contributed by atoms with Crippen molar-refractivity contribution < 1.29 is 13.2 Å². The van der Waals surface area contributed by atoms with Gasteiger partial charge in [0.05, 0.1) is 24.5 Å². The van der Waals surface area contributed by atoms with Crippen LogP contribution < -0.4 is 0 Å². The van der Waals surface area contributed by atoms with Crippen LogP contribution in [0, 0.1) is 0 Å². The lowest BCUT2D eigenvalue weighted by Gasteiger charge is -2.32. The highest BCUT2D eigenvalue weighted by Gasteiger charge is 2.39. The van der Waals surface area contributed by atoms with Crippen LogP contribution in [0.3, 0.4) is 0 Å². The number of hydrogen-bond donors (Lipinski definition) is 1.